The van der Waals surface area contributed by atoms with Gasteiger partial charge >= 0.3 is 5.97 Å². The predicted octanol–water partition coefficient (Wildman–Crippen LogP) is 1.79. The highest BCUT2D eigenvalue weighted by molar-refractivity contribution is 5.87. The topological polar surface area (TPSA) is 66.0 Å². The number of aromatic amines is 1. The molecule has 0 amide bonds. The average Bonchev–Trinajstić information content (AvgIpc) is 2.46. The third-order valence-corrected chi connectivity index (χ3v) is 2.02. The number of aryl methyl sites for hydroxylation is 1. The van der Waals surface area contributed by atoms with Gasteiger partial charge in [0.25, 0.3) is 0 Å². The van der Waals surface area contributed by atoms with E-state index in [-0.39, 0.29) is 11.6 Å². The number of aromatic carboxylic acids is 1. The fraction of sp³-hybridized carbons (Fsp3) is 0.556. The maximum atomic E-state index is 10.8. The first kappa shape index (κ1) is 9.77. The van der Waals surface area contributed by atoms with E-state index in [9.17, 15) is 4.79 Å². The summed E-state index contributed by atoms with van der Waals surface area (Å²) in [4.78, 5) is 10.8. The molecule has 0 atom stereocenters. The van der Waals surface area contributed by atoms with Crippen LogP contribution in [0.4, 0.5) is 0 Å². The molecule has 1 aromatic rings. The summed E-state index contributed by atoms with van der Waals surface area (Å²) >= 11 is 0. The Morgan fingerprint density at radius 2 is 2.23 bits per heavy atom. The highest BCUT2D eigenvalue weighted by atomic mass is 16.4. The van der Waals surface area contributed by atoms with Crippen molar-refractivity contribution >= 4 is 5.97 Å². The molecule has 0 aromatic carbocycles. The number of carbonyl (C=O) groups is 1. The molecule has 1 heterocycles. The van der Waals surface area contributed by atoms with Gasteiger partial charge in [-0.05, 0) is 12.3 Å². The van der Waals surface area contributed by atoms with E-state index in [0.29, 0.717) is 0 Å². The second kappa shape index (κ2) is 3.60. The van der Waals surface area contributed by atoms with E-state index in [2.05, 4.69) is 10.2 Å². The Morgan fingerprint density at radius 3 is 2.62 bits per heavy atom. The van der Waals surface area contributed by atoms with Gasteiger partial charge in [-0.25, -0.2) is 4.79 Å². The van der Waals surface area contributed by atoms with Crippen molar-refractivity contribution in [3.8, 4) is 0 Å². The molecule has 4 nitrogen and oxygen atoms in total. The van der Waals surface area contributed by atoms with Crippen molar-refractivity contribution in [2.24, 2.45) is 0 Å². The minimum absolute atomic E-state index is 0.159. The van der Waals surface area contributed by atoms with Gasteiger partial charge in [0.05, 0.1) is 0 Å². The molecule has 0 radical (unpaired) electrons. The molecule has 0 spiro atoms. The van der Waals surface area contributed by atoms with Crippen LogP contribution in [0.25, 0.3) is 0 Å². The summed E-state index contributed by atoms with van der Waals surface area (Å²) in [5.74, 6) is -0.764. The van der Waals surface area contributed by atoms with E-state index >= 15 is 0 Å². The molecule has 13 heavy (non-hydrogen) atoms. The molecule has 0 aliphatic carbocycles. The number of hydrogen-bond acceptors (Lipinski definition) is 2. The summed E-state index contributed by atoms with van der Waals surface area (Å²) in [6.07, 6.45) is 0.786. The number of aromatic nitrogens is 2. The van der Waals surface area contributed by atoms with E-state index in [0.717, 1.165) is 17.7 Å². The minimum Gasteiger partial charge on any atom is -0.476 e. The highest BCUT2D eigenvalue weighted by Gasteiger charge is 2.19. The molecular weight excluding hydrogens is 168 g/mol. The van der Waals surface area contributed by atoms with Crippen molar-refractivity contribution in [1.82, 2.24) is 10.2 Å². The first-order chi connectivity index (χ1) is 6.07. The minimum atomic E-state index is -0.959. The van der Waals surface area contributed by atoms with Gasteiger partial charge in [-0.1, -0.05) is 20.8 Å². The second-order valence-corrected chi connectivity index (χ2v) is 3.28. The number of H-pyrrole nitrogens is 1. The molecule has 2 N–H and O–H groups in total. The number of nitrogens with zero attached hydrogens (tertiary/aromatic N) is 1. The van der Waals surface area contributed by atoms with E-state index in [4.69, 9.17) is 5.11 Å². The van der Waals surface area contributed by atoms with Crippen molar-refractivity contribution in [2.75, 3.05) is 0 Å². The number of carboxylic acids is 1. The van der Waals surface area contributed by atoms with Crippen LogP contribution in [-0.4, -0.2) is 21.3 Å². The molecular formula is C9H14N2O2. The fourth-order valence-corrected chi connectivity index (χ4v) is 1.44. The third kappa shape index (κ3) is 1.71. The van der Waals surface area contributed by atoms with Gasteiger partial charge in [0.1, 0.15) is 0 Å². The fourth-order valence-electron chi connectivity index (χ4n) is 1.44. The lowest BCUT2D eigenvalue weighted by Gasteiger charge is -2.05. The van der Waals surface area contributed by atoms with Crippen LogP contribution in [0.5, 0.6) is 0 Å². The standard InChI is InChI=1S/C9H14N2O2/c1-4-6-7(5(2)3)8(9(12)13)11-10-6/h5H,4H2,1-3H3,(H,10,11)(H,12,13). The molecule has 1 aromatic heterocycles. The van der Waals surface area contributed by atoms with Crippen molar-refractivity contribution < 1.29 is 9.90 Å². The summed E-state index contributed by atoms with van der Waals surface area (Å²) < 4.78 is 0. The zero-order chi connectivity index (χ0) is 10.0. The smallest absolute Gasteiger partial charge is 0.356 e. The number of rotatable bonds is 3. The quantitative estimate of drug-likeness (QED) is 0.749. The van der Waals surface area contributed by atoms with Crippen LogP contribution < -0.4 is 0 Å². The molecule has 0 bridgehead atoms. The van der Waals surface area contributed by atoms with Gasteiger partial charge in [-0.3, -0.25) is 5.10 Å². The number of nitrogens with one attached hydrogen (secondary N) is 1. The van der Waals surface area contributed by atoms with Crippen LogP contribution in [0, 0.1) is 0 Å². The van der Waals surface area contributed by atoms with Gasteiger partial charge in [-0.2, -0.15) is 5.10 Å². The third-order valence-electron chi connectivity index (χ3n) is 2.02. The molecule has 0 saturated carbocycles. The lowest BCUT2D eigenvalue weighted by Crippen LogP contribution is -2.03. The van der Waals surface area contributed by atoms with Gasteiger partial charge in [-0.15, -0.1) is 0 Å². The number of carboxylic acid groups (broad SMARTS) is 1. The van der Waals surface area contributed by atoms with Gasteiger partial charge in [0, 0.05) is 11.3 Å². The Labute approximate surface area is 77.0 Å². The molecule has 0 aliphatic heterocycles. The van der Waals surface area contributed by atoms with E-state index < -0.39 is 5.97 Å². The lowest BCUT2D eigenvalue weighted by atomic mass is 9.99. The highest BCUT2D eigenvalue weighted by Crippen LogP contribution is 2.21. The Bertz CT molecular complexity index is 315. The molecule has 0 aliphatic rings. The van der Waals surface area contributed by atoms with Crippen molar-refractivity contribution in [3.63, 3.8) is 0 Å². The van der Waals surface area contributed by atoms with Crippen LogP contribution in [0.2, 0.25) is 0 Å². The van der Waals surface area contributed by atoms with Crippen LogP contribution in [0.1, 0.15) is 48.4 Å². The lowest BCUT2D eigenvalue weighted by molar-refractivity contribution is 0.0689. The summed E-state index contributed by atoms with van der Waals surface area (Å²) in [5.41, 5.74) is 1.91. The molecule has 4 heteroatoms. The Kier molecular flexibility index (Phi) is 2.70. The van der Waals surface area contributed by atoms with Crippen molar-refractivity contribution in [2.45, 2.75) is 33.1 Å². The molecule has 1 rings (SSSR count). The average molecular weight is 182 g/mol. The van der Waals surface area contributed by atoms with Crippen molar-refractivity contribution in [1.29, 1.82) is 0 Å². The van der Waals surface area contributed by atoms with Crippen LogP contribution in [0.15, 0.2) is 0 Å². The monoisotopic (exact) mass is 182 g/mol. The van der Waals surface area contributed by atoms with E-state index in [1.807, 2.05) is 20.8 Å². The summed E-state index contributed by atoms with van der Waals surface area (Å²) in [6, 6.07) is 0. The van der Waals surface area contributed by atoms with Crippen LogP contribution in [0.3, 0.4) is 0 Å². The summed E-state index contributed by atoms with van der Waals surface area (Å²) in [7, 11) is 0. The first-order valence-electron chi connectivity index (χ1n) is 4.38. The normalized spacial score (nSPS) is 10.8. The maximum Gasteiger partial charge on any atom is 0.356 e. The SMILES string of the molecule is CCc1[nH]nc(C(=O)O)c1C(C)C. The Morgan fingerprint density at radius 1 is 1.62 bits per heavy atom. The first-order valence-corrected chi connectivity index (χ1v) is 4.38. The van der Waals surface area contributed by atoms with Gasteiger partial charge < -0.3 is 5.11 Å². The van der Waals surface area contributed by atoms with Gasteiger partial charge in [0.15, 0.2) is 5.69 Å². The van der Waals surface area contributed by atoms with E-state index in [1.54, 1.807) is 0 Å². The largest absolute Gasteiger partial charge is 0.476 e. The Balaban J connectivity index is 3.22. The molecule has 0 unspecified atom stereocenters. The van der Waals surface area contributed by atoms with Gasteiger partial charge in [0.2, 0.25) is 0 Å². The zero-order valence-corrected chi connectivity index (χ0v) is 8.09. The van der Waals surface area contributed by atoms with Crippen molar-refractivity contribution in [3.05, 3.63) is 17.0 Å². The zero-order valence-electron chi connectivity index (χ0n) is 8.09. The Hall–Kier alpha value is -1.32. The van der Waals surface area contributed by atoms with E-state index in [1.165, 1.54) is 0 Å². The predicted molar refractivity (Wildman–Crippen MR) is 49.0 cm³/mol. The van der Waals surface area contributed by atoms with Crippen LogP contribution in [-0.2, 0) is 6.42 Å². The summed E-state index contributed by atoms with van der Waals surface area (Å²) in [5, 5.41) is 15.4. The number of hydrogen-bond donors (Lipinski definition) is 2. The maximum absolute atomic E-state index is 10.8. The molecule has 72 valence electrons. The van der Waals surface area contributed by atoms with Crippen LogP contribution >= 0.6 is 0 Å². The summed E-state index contributed by atoms with van der Waals surface area (Å²) in [6.45, 7) is 5.91. The second-order valence-electron chi connectivity index (χ2n) is 3.28. The molecule has 0 saturated heterocycles. The molecule has 0 fully saturated rings.